The van der Waals surface area contributed by atoms with Gasteiger partial charge in [0.25, 0.3) is 5.56 Å². The van der Waals surface area contributed by atoms with Gasteiger partial charge in [0.05, 0.1) is 10.9 Å². The monoisotopic (exact) mass is 272 g/mol. The molecule has 0 aliphatic rings. The molecule has 20 heavy (non-hydrogen) atoms. The van der Waals surface area contributed by atoms with E-state index >= 15 is 0 Å². The molecule has 0 saturated heterocycles. The Morgan fingerprint density at radius 1 is 1.15 bits per heavy atom. The van der Waals surface area contributed by atoms with Crippen molar-refractivity contribution in [2.24, 2.45) is 0 Å². The average Bonchev–Trinajstić information content (AvgIpc) is 2.74. The van der Waals surface area contributed by atoms with Crippen LogP contribution in [-0.4, -0.2) is 15.3 Å². The van der Waals surface area contributed by atoms with Crippen LogP contribution in [0.2, 0.25) is 0 Å². The fourth-order valence-electron chi connectivity index (χ4n) is 2.19. The molecule has 0 spiro atoms. The molecule has 2 heterocycles. The largest absolute Gasteiger partial charge is 0.507 e. The van der Waals surface area contributed by atoms with Crippen molar-refractivity contribution in [1.29, 1.82) is 0 Å². The molecule has 0 fully saturated rings. The van der Waals surface area contributed by atoms with Gasteiger partial charge in [-0.05, 0) is 19.1 Å². The Hall–Kier alpha value is -2.76. The van der Waals surface area contributed by atoms with Gasteiger partial charge in [-0.15, -0.1) is 0 Å². The lowest BCUT2D eigenvalue weighted by Gasteiger charge is -2.05. The Balaban J connectivity index is 2.22. The van der Waals surface area contributed by atoms with Crippen LogP contribution < -0.4 is 11.2 Å². The van der Waals surface area contributed by atoms with Gasteiger partial charge in [-0.3, -0.25) is 9.89 Å². The molecule has 3 rings (SSSR count). The van der Waals surface area contributed by atoms with Crippen LogP contribution in [-0.2, 0) is 6.42 Å². The number of rotatable bonds is 2. The smallest absolute Gasteiger partial charge is 0.343 e. The van der Waals surface area contributed by atoms with Gasteiger partial charge in [-0.1, -0.05) is 12.1 Å². The number of fused-ring (bicyclic) bond motifs is 1. The number of aromatic nitrogens is 2. The molecule has 3 aromatic rings. The lowest BCUT2D eigenvalue weighted by molar-refractivity contribution is 0.458. The van der Waals surface area contributed by atoms with Crippen molar-refractivity contribution in [1.82, 2.24) is 10.2 Å². The van der Waals surface area contributed by atoms with E-state index in [1.807, 2.05) is 0 Å². The molecule has 2 aromatic heterocycles. The quantitative estimate of drug-likeness (QED) is 0.614. The highest BCUT2D eigenvalue weighted by Gasteiger charge is 2.17. The summed E-state index contributed by atoms with van der Waals surface area (Å²) in [6, 6.07) is 6.71. The first-order valence-corrected chi connectivity index (χ1v) is 6.07. The van der Waals surface area contributed by atoms with Gasteiger partial charge in [-0.2, -0.15) is 0 Å². The van der Waals surface area contributed by atoms with Gasteiger partial charge < -0.3 is 14.6 Å². The zero-order valence-electron chi connectivity index (χ0n) is 10.7. The third-order valence-electron chi connectivity index (χ3n) is 3.32. The second kappa shape index (κ2) is 4.41. The van der Waals surface area contributed by atoms with E-state index in [9.17, 15) is 14.7 Å². The molecule has 0 bridgehead atoms. The predicted molar refractivity (Wildman–Crippen MR) is 73.1 cm³/mol. The molecule has 1 aromatic carbocycles. The van der Waals surface area contributed by atoms with Crippen LogP contribution >= 0.6 is 0 Å². The zero-order valence-corrected chi connectivity index (χ0v) is 10.7. The summed E-state index contributed by atoms with van der Waals surface area (Å²) in [6.45, 7) is 1.72. The van der Waals surface area contributed by atoms with Gasteiger partial charge in [0, 0.05) is 17.7 Å². The van der Waals surface area contributed by atoms with E-state index in [1.165, 1.54) is 0 Å². The summed E-state index contributed by atoms with van der Waals surface area (Å²) >= 11 is 0. The first kappa shape index (κ1) is 12.3. The summed E-state index contributed by atoms with van der Waals surface area (Å²) in [5, 5.41) is 15.8. The lowest BCUT2D eigenvalue weighted by Crippen LogP contribution is -2.13. The second-order valence-corrected chi connectivity index (χ2v) is 4.57. The van der Waals surface area contributed by atoms with Crippen LogP contribution in [0.3, 0.4) is 0 Å². The molecular formula is C14H12N2O4. The second-order valence-electron chi connectivity index (χ2n) is 4.57. The first-order valence-electron chi connectivity index (χ1n) is 6.07. The van der Waals surface area contributed by atoms with Crippen LogP contribution in [0.15, 0.2) is 38.3 Å². The van der Waals surface area contributed by atoms with E-state index in [1.54, 1.807) is 31.2 Å². The Kier molecular flexibility index (Phi) is 2.71. The Morgan fingerprint density at radius 2 is 1.90 bits per heavy atom. The fraction of sp³-hybridized carbons (Fsp3) is 0.143. The normalized spacial score (nSPS) is 11.1. The van der Waals surface area contributed by atoms with Crippen LogP contribution in [0.4, 0.5) is 0 Å². The summed E-state index contributed by atoms with van der Waals surface area (Å²) in [5.41, 5.74) is 0.482. The number of para-hydroxylation sites is 1. The molecule has 0 atom stereocenters. The number of hydrogen-bond acceptors (Lipinski definition) is 4. The predicted octanol–water partition coefficient (Wildman–Crippen LogP) is 1.41. The van der Waals surface area contributed by atoms with Crippen molar-refractivity contribution in [2.75, 3.05) is 0 Å². The van der Waals surface area contributed by atoms with E-state index in [2.05, 4.69) is 10.2 Å². The molecule has 0 aliphatic heterocycles. The van der Waals surface area contributed by atoms with Crippen molar-refractivity contribution < 1.29 is 9.52 Å². The summed E-state index contributed by atoms with van der Waals surface area (Å²) in [7, 11) is 0. The summed E-state index contributed by atoms with van der Waals surface area (Å²) < 4.78 is 5.16. The molecule has 3 N–H and O–H groups in total. The number of aromatic amines is 2. The van der Waals surface area contributed by atoms with Crippen LogP contribution in [0, 0.1) is 6.92 Å². The summed E-state index contributed by atoms with van der Waals surface area (Å²) in [5.74, 6) is -0.142. The topological polar surface area (TPSA) is 99.1 Å². The van der Waals surface area contributed by atoms with Gasteiger partial charge in [0.15, 0.2) is 0 Å². The van der Waals surface area contributed by atoms with Crippen molar-refractivity contribution in [2.45, 2.75) is 13.3 Å². The highest BCUT2D eigenvalue weighted by atomic mass is 16.4. The maximum atomic E-state index is 12.0. The van der Waals surface area contributed by atoms with Crippen molar-refractivity contribution in [3.8, 4) is 5.75 Å². The van der Waals surface area contributed by atoms with Gasteiger partial charge >= 0.3 is 5.63 Å². The number of hydrogen-bond donors (Lipinski definition) is 3. The fourth-order valence-corrected chi connectivity index (χ4v) is 2.19. The van der Waals surface area contributed by atoms with Gasteiger partial charge in [0.1, 0.15) is 11.3 Å². The minimum atomic E-state index is -0.638. The molecule has 102 valence electrons. The third-order valence-corrected chi connectivity index (χ3v) is 3.32. The van der Waals surface area contributed by atoms with E-state index < -0.39 is 5.63 Å². The highest BCUT2D eigenvalue weighted by molar-refractivity contribution is 5.84. The Bertz CT molecular complexity index is 901. The number of H-pyrrole nitrogens is 2. The number of nitrogens with one attached hydrogen (secondary N) is 2. The number of aromatic hydroxyl groups is 1. The van der Waals surface area contributed by atoms with Gasteiger partial charge in [0.2, 0.25) is 0 Å². The van der Waals surface area contributed by atoms with E-state index in [4.69, 9.17) is 4.42 Å². The molecule has 0 radical (unpaired) electrons. The molecule has 0 amide bonds. The summed E-state index contributed by atoms with van der Waals surface area (Å²) in [6.07, 6.45) is 0.0175. The zero-order chi connectivity index (χ0) is 14.3. The van der Waals surface area contributed by atoms with Crippen molar-refractivity contribution >= 4 is 11.0 Å². The highest BCUT2D eigenvalue weighted by Crippen LogP contribution is 2.27. The Labute approximate surface area is 112 Å². The first-order chi connectivity index (χ1) is 9.58. The van der Waals surface area contributed by atoms with Crippen LogP contribution in [0.5, 0.6) is 5.75 Å². The molecule has 0 saturated carbocycles. The molecule has 0 aliphatic carbocycles. The van der Waals surface area contributed by atoms with Gasteiger partial charge in [-0.25, -0.2) is 4.79 Å². The average molecular weight is 272 g/mol. The standard InChI is InChI=1S/C14H12N2O4/c1-7-9(13(18)16-15-7)6-10-12(17)8-4-2-3-5-11(8)20-14(10)19/h2-5,17H,6H2,1H3,(H2,15,16,18). The maximum absolute atomic E-state index is 12.0. The maximum Gasteiger partial charge on any atom is 0.343 e. The minimum absolute atomic E-state index is 0.0175. The van der Waals surface area contributed by atoms with Crippen molar-refractivity contribution in [3.63, 3.8) is 0 Å². The molecule has 6 nitrogen and oxygen atoms in total. The molecular weight excluding hydrogens is 260 g/mol. The molecule has 6 heteroatoms. The van der Waals surface area contributed by atoms with E-state index in [0.29, 0.717) is 22.2 Å². The summed E-state index contributed by atoms with van der Waals surface area (Å²) in [4.78, 5) is 23.6. The number of benzene rings is 1. The van der Waals surface area contributed by atoms with Crippen molar-refractivity contribution in [3.05, 3.63) is 61.9 Å². The van der Waals surface area contributed by atoms with E-state index in [-0.39, 0.29) is 23.3 Å². The SMILES string of the molecule is Cc1[nH][nH]c(=O)c1Cc1c(O)c2ccccc2oc1=O. The molecule has 0 unspecified atom stereocenters. The minimum Gasteiger partial charge on any atom is -0.507 e. The van der Waals surface area contributed by atoms with Crippen LogP contribution in [0.1, 0.15) is 16.8 Å². The lowest BCUT2D eigenvalue weighted by atomic mass is 10.0. The third kappa shape index (κ3) is 1.82. The van der Waals surface area contributed by atoms with E-state index in [0.717, 1.165) is 0 Å². The Morgan fingerprint density at radius 3 is 2.60 bits per heavy atom. The van der Waals surface area contributed by atoms with Crippen LogP contribution in [0.25, 0.3) is 11.0 Å². The number of aryl methyl sites for hydroxylation is 1.